The van der Waals surface area contributed by atoms with Crippen LogP contribution in [0, 0.1) is 0 Å². The fourth-order valence-corrected chi connectivity index (χ4v) is 3.42. The van der Waals surface area contributed by atoms with E-state index in [1.165, 1.54) is 0 Å². The molecule has 1 aliphatic carbocycles. The molecular weight excluding hydrogens is 314 g/mol. The Bertz CT molecular complexity index is 727. The summed E-state index contributed by atoms with van der Waals surface area (Å²) in [5.74, 6) is -0.941. The number of rotatable bonds is 5. The largest absolute Gasteiger partial charge is 0.476 e. The summed E-state index contributed by atoms with van der Waals surface area (Å²) in [6.07, 6.45) is 2.55. The van der Waals surface area contributed by atoms with Crippen molar-refractivity contribution in [2.24, 2.45) is 0 Å². The van der Waals surface area contributed by atoms with Crippen molar-refractivity contribution in [2.45, 2.75) is 45.3 Å². The van der Waals surface area contributed by atoms with Gasteiger partial charge in [0.25, 0.3) is 0 Å². The zero-order valence-corrected chi connectivity index (χ0v) is 13.8. The molecule has 122 valence electrons. The lowest BCUT2D eigenvalue weighted by Gasteiger charge is -2.24. The van der Waals surface area contributed by atoms with Gasteiger partial charge in [0.1, 0.15) is 0 Å². The Balaban J connectivity index is 1.72. The maximum Gasteiger partial charge on any atom is 0.356 e. The Hall–Kier alpha value is -1.85. The van der Waals surface area contributed by atoms with E-state index in [1.54, 1.807) is 0 Å². The molecule has 3 rings (SSSR count). The summed E-state index contributed by atoms with van der Waals surface area (Å²) in [6, 6.07) is 8.03. The van der Waals surface area contributed by atoms with Gasteiger partial charge in [0, 0.05) is 35.4 Å². The smallest absolute Gasteiger partial charge is 0.356 e. The van der Waals surface area contributed by atoms with Crippen LogP contribution in [0.15, 0.2) is 24.3 Å². The number of halogens is 1. The second-order valence-electron chi connectivity index (χ2n) is 5.85. The second kappa shape index (κ2) is 6.72. The molecule has 6 heteroatoms. The van der Waals surface area contributed by atoms with Crippen LogP contribution in [0.4, 0.5) is 0 Å². The highest BCUT2D eigenvalue weighted by Gasteiger charge is 2.28. The number of nitrogens with one attached hydrogen (secondary N) is 1. The Morgan fingerprint density at radius 2 is 2.35 bits per heavy atom. The van der Waals surface area contributed by atoms with Gasteiger partial charge < -0.3 is 10.4 Å². The van der Waals surface area contributed by atoms with Crippen LogP contribution >= 0.6 is 11.6 Å². The van der Waals surface area contributed by atoms with Gasteiger partial charge in [-0.3, -0.25) is 4.68 Å². The molecule has 1 aromatic heterocycles. The predicted molar refractivity (Wildman–Crippen MR) is 89.0 cm³/mol. The molecule has 0 bridgehead atoms. The minimum absolute atomic E-state index is 0.205. The van der Waals surface area contributed by atoms with Crippen molar-refractivity contribution in [2.75, 3.05) is 0 Å². The normalized spacial score (nSPS) is 17.0. The molecule has 0 spiro atoms. The summed E-state index contributed by atoms with van der Waals surface area (Å²) in [4.78, 5) is 11.4. The van der Waals surface area contributed by atoms with Crippen molar-refractivity contribution in [3.05, 3.63) is 51.8 Å². The lowest BCUT2D eigenvalue weighted by Crippen LogP contribution is -2.34. The molecule has 23 heavy (non-hydrogen) atoms. The Morgan fingerprint density at radius 3 is 3.04 bits per heavy atom. The average Bonchev–Trinajstić information content (AvgIpc) is 2.91. The van der Waals surface area contributed by atoms with E-state index in [1.807, 2.05) is 35.9 Å². The van der Waals surface area contributed by atoms with Crippen LogP contribution in [0.25, 0.3) is 0 Å². The van der Waals surface area contributed by atoms with Crippen molar-refractivity contribution in [3.63, 3.8) is 0 Å². The molecule has 1 unspecified atom stereocenters. The van der Waals surface area contributed by atoms with E-state index in [4.69, 9.17) is 11.6 Å². The van der Waals surface area contributed by atoms with E-state index in [0.29, 0.717) is 13.0 Å². The third-order valence-corrected chi connectivity index (χ3v) is 4.57. The maximum absolute atomic E-state index is 11.4. The van der Waals surface area contributed by atoms with Gasteiger partial charge in [0.05, 0.1) is 0 Å². The summed E-state index contributed by atoms with van der Waals surface area (Å²) in [7, 11) is 0. The van der Waals surface area contributed by atoms with Crippen LogP contribution in [0.5, 0.6) is 0 Å². The van der Waals surface area contributed by atoms with Gasteiger partial charge in [-0.25, -0.2) is 4.79 Å². The lowest BCUT2D eigenvalue weighted by molar-refractivity contribution is 0.0688. The van der Waals surface area contributed by atoms with E-state index in [0.717, 1.165) is 41.2 Å². The summed E-state index contributed by atoms with van der Waals surface area (Å²) in [5, 5.41) is 17.8. The zero-order valence-electron chi connectivity index (χ0n) is 13.1. The Morgan fingerprint density at radius 1 is 1.52 bits per heavy atom. The number of carboxylic acids is 1. The van der Waals surface area contributed by atoms with Crippen LogP contribution < -0.4 is 5.32 Å². The van der Waals surface area contributed by atoms with Crippen molar-refractivity contribution in [1.29, 1.82) is 0 Å². The lowest BCUT2D eigenvalue weighted by atomic mass is 9.91. The number of aromatic nitrogens is 2. The van der Waals surface area contributed by atoms with Gasteiger partial charge in [0.2, 0.25) is 0 Å². The van der Waals surface area contributed by atoms with Crippen LogP contribution in [0.3, 0.4) is 0 Å². The summed E-state index contributed by atoms with van der Waals surface area (Å²) < 4.78 is 1.83. The molecule has 5 nitrogen and oxygen atoms in total. The minimum Gasteiger partial charge on any atom is -0.476 e. The molecule has 1 aliphatic rings. The van der Waals surface area contributed by atoms with Crippen molar-refractivity contribution in [3.8, 4) is 0 Å². The number of hydrogen-bond donors (Lipinski definition) is 2. The van der Waals surface area contributed by atoms with Gasteiger partial charge in [-0.1, -0.05) is 23.7 Å². The highest BCUT2D eigenvalue weighted by molar-refractivity contribution is 6.30. The molecule has 0 fully saturated rings. The molecule has 1 aromatic carbocycles. The number of aryl methyl sites for hydroxylation is 1. The van der Waals surface area contributed by atoms with Gasteiger partial charge in [-0.05, 0) is 43.9 Å². The van der Waals surface area contributed by atoms with Gasteiger partial charge in [-0.15, -0.1) is 0 Å². The maximum atomic E-state index is 11.4. The van der Waals surface area contributed by atoms with Gasteiger partial charge in [0.15, 0.2) is 5.69 Å². The first-order valence-electron chi connectivity index (χ1n) is 7.88. The Labute approximate surface area is 140 Å². The van der Waals surface area contributed by atoms with Crippen LogP contribution in [0.1, 0.15) is 40.7 Å². The highest BCUT2D eigenvalue weighted by atomic mass is 35.5. The molecule has 0 saturated heterocycles. The van der Waals surface area contributed by atoms with Crippen LogP contribution in [-0.2, 0) is 25.9 Å². The highest BCUT2D eigenvalue weighted by Crippen LogP contribution is 2.25. The second-order valence-corrected chi connectivity index (χ2v) is 6.28. The number of nitrogens with zero attached hydrogens (tertiary/aromatic N) is 2. The monoisotopic (exact) mass is 333 g/mol. The van der Waals surface area contributed by atoms with Crippen molar-refractivity contribution < 1.29 is 9.90 Å². The quantitative estimate of drug-likeness (QED) is 0.883. The first kappa shape index (κ1) is 16.0. The number of carboxylic acid groups (broad SMARTS) is 1. The van der Waals surface area contributed by atoms with Crippen LogP contribution in [-0.4, -0.2) is 26.9 Å². The molecule has 0 amide bonds. The average molecular weight is 334 g/mol. The predicted octanol–water partition coefficient (Wildman–Crippen LogP) is 2.90. The number of carbonyl (C=O) groups is 1. The zero-order chi connectivity index (χ0) is 16.4. The first-order valence-corrected chi connectivity index (χ1v) is 8.26. The summed E-state index contributed by atoms with van der Waals surface area (Å²) >= 11 is 6.00. The molecular formula is C17H20ClN3O2. The van der Waals surface area contributed by atoms with Crippen molar-refractivity contribution in [1.82, 2.24) is 15.1 Å². The standard InChI is InChI=1S/C17H20ClN3O2/c1-2-21-15-7-6-13(9-14(15)16(20-21)17(22)23)19-10-11-4-3-5-12(18)8-11/h3-5,8,13,19H,2,6-7,9-10H2,1H3,(H,22,23). The van der Waals surface area contributed by atoms with E-state index < -0.39 is 5.97 Å². The number of aromatic carboxylic acids is 1. The SMILES string of the molecule is CCn1nc(C(=O)O)c2c1CCC(NCc1cccc(Cl)c1)C2. The Kier molecular flexibility index (Phi) is 4.68. The molecule has 0 radical (unpaired) electrons. The van der Waals surface area contributed by atoms with E-state index in [2.05, 4.69) is 10.4 Å². The van der Waals surface area contributed by atoms with E-state index in [-0.39, 0.29) is 11.7 Å². The van der Waals surface area contributed by atoms with E-state index in [9.17, 15) is 9.90 Å². The minimum atomic E-state index is -0.941. The third kappa shape index (κ3) is 3.41. The summed E-state index contributed by atoms with van der Waals surface area (Å²) in [5.41, 5.74) is 3.29. The first-order chi connectivity index (χ1) is 11.1. The number of benzene rings is 1. The number of hydrogen-bond acceptors (Lipinski definition) is 3. The fraction of sp³-hybridized carbons (Fsp3) is 0.412. The molecule has 1 heterocycles. The molecule has 2 aromatic rings. The van der Waals surface area contributed by atoms with Gasteiger partial charge >= 0.3 is 5.97 Å². The molecule has 0 saturated carbocycles. The number of fused-ring (bicyclic) bond motifs is 1. The van der Waals surface area contributed by atoms with Crippen LogP contribution in [0.2, 0.25) is 5.02 Å². The topological polar surface area (TPSA) is 67.2 Å². The van der Waals surface area contributed by atoms with Crippen molar-refractivity contribution >= 4 is 17.6 Å². The molecule has 2 N–H and O–H groups in total. The summed E-state index contributed by atoms with van der Waals surface area (Å²) in [6.45, 7) is 3.42. The van der Waals surface area contributed by atoms with E-state index >= 15 is 0 Å². The fourth-order valence-electron chi connectivity index (χ4n) is 3.20. The van der Waals surface area contributed by atoms with Gasteiger partial charge in [-0.2, -0.15) is 5.10 Å². The molecule has 1 atom stereocenters. The third-order valence-electron chi connectivity index (χ3n) is 4.33. The molecule has 0 aliphatic heterocycles.